The van der Waals surface area contributed by atoms with E-state index in [1.54, 1.807) is 0 Å². The molecule has 0 amide bonds. The van der Waals surface area contributed by atoms with Crippen molar-refractivity contribution in [3.05, 3.63) is 39.4 Å². The molecule has 18 heavy (non-hydrogen) atoms. The number of benzene rings is 1. The molecule has 1 saturated carbocycles. The Bertz CT molecular complexity index is 602. The summed E-state index contributed by atoms with van der Waals surface area (Å²) in [6.07, 6.45) is 2.54. The van der Waals surface area contributed by atoms with Gasteiger partial charge in [0.1, 0.15) is 0 Å². The van der Waals surface area contributed by atoms with E-state index in [0.717, 1.165) is 5.56 Å². The number of carboxylic acids is 1. The molecular formula is C13H10BrNO2S. The number of hydrogen-bond donors (Lipinski definition) is 1. The van der Waals surface area contributed by atoms with Crippen LogP contribution in [0.15, 0.2) is 28.2 Å². The minimum Gasteiger partial charge on any atom is -0.476 e. The van der Waals surface area contributed by atoms with Gasteiger partial charge in [-0.15, -0.1) is 11.3 Å². The third-order valence-electron chi connectivity index (χ3n) is 3.03. The molecule has 1 aromatic carbocycles. The zero-order valence-corrected chi connectivity index (χ0v) is 11.8. The largest absolute Gasteiger partial charge is 0.476 e. The smallest absolute Gasteiger partial charge is 0.356 e. The molecule has 0 aliphatic heterocycles. The van der Waals surface area contributed by atoms with Crippen LogP contribution in [0.5, 0.6) is 0 Å². The molecule has 0 unspecified atom stereocenters. The fraction of sp³-hybridized carbons (Fsp3) is 0.231. The predicted molar refractivity (Wildman–Crippen MR) is 74.2 cm³/mol. The summed E-state index contributed by atoms with van der Waals surface area (Å²) in [4.78, 5) is 15.8. The van der Waals surface area contributed by atoms with Crippen molar-refractivity contribution in [3.8, 4) is 10.4 Å². The maximum absolute atomic E-state index is 11.1. The van der Waals surface area contributed by atoms with Gasteiger partial charge in [-0.2, -0.15) is 0 Å². The second-order valence-electron chi connectivity index (χ2n) is 4.35. The van der Waals surface area contributed by atoms with E-state index in [9.17, 15) is 4.79 Å². The third-order valence-corrected chi connectivity index (χ3v) is 4.58. The SMILES string of the molecule is O=C(O)c1nc(Br)sc1-c1ccc(C2CC2)cc1. The van der Waals surface area contributed by atoms with Crippen molar-refractivity contribution in [2.24, 2.45) is 0 Å². The molecule has 3 rings (SSSR count). The fourth-order valence-electron chi connectivity index (χ4n) is 1.96. The van der Waals surface area contributed by atoms with Gasteiger partial charge in [-0.3, -0.25) is 0 Å². The van der Waals surface area contributed by atoms with Crippen molar-refractivity contribution in [2.75, 3.05) is 0 Å². The minimum absolute atomic E-state index is 0.117. The van der Waals surface area contributed by atoms with Crippen molar-refractivity contribution in [1.82, 2.24) is 4.98 Å². The van der Waals surface area contributed by atoms with Crippen LogP contribution in [-0.4, -0.2) is 16.1 Å². The van der Waals surface area contributed by atoms with Crippen LogP contribution in [0, 0.1) is 0 Å². The number of halogens is 1. The first-order valence-electron chi connectivity index (χ1n) is 5.65. The minimum atomic E-state index is -0.988. The van der Waals surface area contributed by atoms with E-state index in [2.05, 4.69) is 33.0 Å². The van der Waals surface area contributed by atoms with E-state index < -0.39 is 5.97 Å². The number of nitrogens with zero attached hydrogens (tertiary/aromatic N) is 1. The van der Waals surface area contributed by atoms with Crippen LogP contribution in [0.2, 0.25) is 0 Å². The van der Waals surface area contributed by atoms with E-state index in [1.165, 1.54) is 29.7 Å². The molecule has 3 nitrogen and oxygen atoms in total. The van der Waals surface area contributed by atoms with Crippen LogP contribution in [0.25, 0.3) is 10.4 Å². The molecule has 1 heterocycles. The highest BCUT2D eigenvalue weighted by Gasteiger charge is 2.24. The Morgan fingerprint density at radius 2 is 2.00 bits per heavy atom. The first-order valence-corrected chi connectivity index (χ1v) is 7.26. The van der Waals surface area contributed by atoms with E-state index >= 15 is 0 Å². The molecule has 0 spiro atoms. The summed E-state index contributed by atoms with van der Waals surface area (Å²) in [6.45, 7) is 0. The van der Waals surface area contributed by atoms with E-state index in [1.807, 2.05) is 12.1 Å². The van der Waals surface area contributed by atoms with E-state index in [0.29, 0.717) is 14.7 Å². The molecule has 0 bridgehead atoms. The highest BCUT2D eigenvalue weighted by atomic mass is 79.9. The second-order valence-corrected chi connectivity index (χ2v) is 6.62. The van der Waals surface area contributed by atoms with Crippen molar-refractivity contribution >= 4 is 33.2 Å². The second kappa shape index (κ2) is 4.48. The third kappa shape index (κ3) is 2.20. The number of aromatic carboxylic acids is 1. The fourth-order valence-corrected chi connectivity index (χ4v) is 3.41. The highest BCUT2D eigenvalue weighted by Crippen LogP contribution is 2.41. The van der Waals surface area contributed by atoms with E-state index in [4.69, 9.17) is 5.11 Å². The van der Waals surface area contributed by atoms with Crippen LogP contribution >= 0.6 is 27.3 Å². The van der Waals surface area contributed by atoms with Crippen molar-refractivity contribution < 1.29 is 9.90 Å². The summed E-state index contributed by atoms with van der Waals surface area (Å²) in [5.74, 6) is -0.274. The van der Waals surface area contributed by atoms with Gasteiger partial charge >= 0.3 is 5.97 Å². The first-order chi connectivity index (χ1) is 8.65. The molecule has 5 heteroatoms. The Hall–Kier alpha value is -1.20. The Balaban J connectivity index is 2.00. The topological polar surface area (TPSA) is 50.2 Å². The van der Waals surface area contributed by atoms with Gasteiger partial charge in [0.2, 0.25) is 0 Å². The Morgan fingerprint density at radius 3 is 2.56 bits per heavy atom. The van der Waals surface area contributed by atoms with Gasteiger partial charge in [-0.25, -0.2) is 9.78 Å². The average Bonchev–Trinajstić information content (AvgIpc) is 3.12. The number of thiazole rings is 1. The summed E-state index contributed by atoms with van der Waals surface area (Å²) < 4.78 is 0.598. The highest BCUT2D eigenvalue weighted by molar-refractivity contribution is 9.11. The van der Waals surface area contributed by atoms with Gasteiger partial charge in [-0.1, -0.05) is 24.3 Å². The van der Waals surface area contributed by atoms with Crippen LogP contribution < -0.4 is 0 Å². The maximum Gasteiger partial charge on any atom is 0.356 e. The Labute approximate surface area is 117 Å². The number of hydrogen-bond acceptors (Lipinski definition) is 3. The number of rotatable bonds is 3. The van der Waals surface area contributed by atoms with Crippen molar-refractivity contribution in [1.29, 1.82) is 0 Å². The molecule has 92 valence electrons. The molecule has 1 fully saturated rings. The van der Waals surface area contributed by atoms with Gasteiger partial charge in [0.15, 0.2) is 9.61 Å². The summed E-state index contributed by atoms with van der Waals surface area (Å²) in [5.41, 5.74) is 2.38. The summed E-state index contributed by atoms with van der Waals surface area (Å²) in [6, 6.07) is 8.15. The van der Waals surface area contributed by atoms with Crippen LogP contribution in [0.4, 0.5) is 0 Å². The van der Waals surface area contributed by atoms with Gasteiger partial charge in [-0.05, 0) is 45.8 Å². The molecule has 1 aromatic heterocycles. The van der Waals surface area contributed by atoms with Crippen LogP contribution in [0.1, 0.15) is 34.8 Å². The number of carbonyl (C=O) groups is 1. The Morgan fingerprint density at radius 1 is 1.33 bits per heavy atom. The van der Waals surface area contributed by atoms with E-state index in [-0.39, 0.29) is 5.69 Å². The monoisotopic (exact) mass is 323 g/mol. The summed E-state index contributed by atoms with van der Waals surface area (Å²) >= 11 is 4.59. The molecule has 1 N–H and O–H groups in total. The molecule has 2 aromatic rings. The Kier molecular flexibility index (Phi) is 2.95. The van der Waals surface area contributed by atoms with Crippen LogP contribution in [0.3, 0.4) is 0 Å². The quantitative estimate of drug-likeness (QED) is 0.923. The number of carboxylic acid groups (broad SMARTS) is 1. The molecule has 1 aliphatic carbocycles. The average molecular weight is 324 g/mol. The van der Waals surface area contributed by atoms with Gasteiger partial charge in [0.05, 0.1) is 4.88 Å². The zero-order chi connectivity index (χ0) is 12.7. The van der Waals surface area contributed by atoms with Crippen molar-refractivity contribution in [3.63, 3.8) is 0 Å². The molecular weight excluding hydrogens is 314 g/mol. The lowest BCUT2D eigenvalue weighted by Crippen LogP contribution is -1.98. The van der Waals surface area contributed by atoms with Crippen LogP contribution in [-0.2, 0) is 0 Å². The van der Waals surface area contributed by atoms with Gasteiger partial charge in [0, 0.05) is 0 Å². The van der Waals surface area contributed by atoms with Gasteiger partial charge in [0.25, 0.3) is 0 Å². The molecule has 0 saturated heterocycles. The van der Waals surface area contributed by atoms with Gasteiger partial charge < -0.3 is 5.11 Å². The first kappa shape index (κ1) is 11.9. The lowest BCUT2D eigenvalue weighted by Gasteiger charge is -2.01. The maximum atomic E-state index is 11.1. The predicted octanol–water partition coefficient (Wildman–Crippen LogP) is 4.15. The summed E-state index contributed by atoms with van der Waals surface area (Å²) in [7, 11) is 0. The van der Waals surface area contributed by atoms with Crippen molar-refractivity contribution in [2.45, 2.75) is 18.8 Å². The lowest BCUT2D eigenvalue weighted by molar-refractivity contribution is 0.0692. The number of aromatic nitrogens is 1. The molecule has 0 radical (unpaired) electrons. The molecule has 0 atom stereocenters. The summed E-state index contributed by atoms with van der Waals surface area (Å²) in [5, 5.41) is 9.12. The normalized spacial score (nSPS) is 14.7. The standard InChI is InChI=1S/C13H10BrNO2S/c14-13-15-10(12(16)17)11(18-13)9-5-3-8(4-6-9)7-1-2-7/h3-7H,1-2H2,(H,16,17). The molecule has 1 aliphatic rings. The lowest BCUT2D eigenvalue weighted by atomic mass is 10.1. The zero-order valence-electron chi connectivity index (χ0n) is 9.39.